The third kappa shape index (κ3) is 5.11. The summed E-state index contributed by atoms with van der Waals surface area (Å²) in [6, 6.07) is 9.26. The molecule has 1 amide bonds. The molecule has 0 aliphatic carbocycles. The fourth-order valence-corrected chi connectivity index (χ4v) is 2.79. The largest absolute Gasteiger partial charge is 0.336 e. The maximum absolute atomic E-state index is 12.3. The number of piperazine rings is 1. The average molecular weight is 311 g/mol. The zero-order valence-corrected chi connectivity index (χ0v) is 13.0. The molecule has 1 heterocycles. The van der Waals surface area contributed by atoms with Gasteiger partial charge in [-0.1, -0.05) is 18.2 Å². The Kier molecular flexibility index (Phi) is 5.33. The lowest BCUT2D eigenvalue weighted by atomic mass is 10.2. The van der Waals surface area contributed by atoms with E-state index in [1.165, 1.54) is 0 Å². The standard InChI is InChI=1S/C14H21N3O3S/c1-21(19,20)15-7-8-16-9-11-17(12-10-16)14(18)13-5-3-2-4-6-13/h2-6,15H,7-12H2,1H3. The molecule has 7 heteroatoms. The minimum Gasteiger partial charge on any atom is -0.336 e. The lowest BCUT2D eigenvalue weighted by molar-refractivity contribution is 0.0640. The Labute approximate surface area is 125 Å². The first-order valence-corrected chi connectivity index (χ1v) is 8.86. The fraction of sp³-hybridized carbons (Fsp3) is 0.500. The van der Waals surface area contributed by atoms with Gasteiger partial charge in [-0.2, -0.15) is 0 Å². The van der Waals surface area contributed by atoms with Crippen LogP contribution in [0.1, 0.15) is 10.4 Å². The summed E-state index contributed by atoms with van der Waals surface area (Å²) < 4.78 is 24.5. The highest BCUT2D eigenvalue weighted by Crippen LogP contribution is 2.08. The SMILES string of the molecule is CS(=O)(=O)NCCN1CCN(C(=O)c2ccccc2)CC1. The number of nitrogens with one attached hydrogen (secondary N) is 1. The smallest absolute Gasteiger partial charge is 0.253 e. The number of carbonyl (C=O) groups is 1. The van der Waals surface area contributed by atoms with Gasteiger partial charge in [0.25, 0.3) is 5.91 Å². The van der Waals surface area contributed by atoms with Crippen molar-refractivity contribution >= 4 is 15.9 Å². The molecular formula is C14H21N3O3S. The number of rotatable bonds is 5. The number of nitrogens with zero attached hydrogens (tertiary/aromatic N) is 2. The van der Waals surface area contributed by atoms with Crippen LogP contribution >= 0.6 is 0 Å². The summed E-state index contributed by atoms with van der Waals surface area (Å²) in [6.07, 6.45) is 1.16. The van der Waals surface area contributed by atoms with E-state index in [2.05, 4.69) is 9.62 Å². The summed E-state index contributed by atoms with van der Waals surface area (Å²) in [5.74, 6) is 0.0597. The molecule has 1 aromatic rings. The predicted molar refractivity (Wildman–Crippen MR) is 81.6 cm³/mol. The maximum atomic E-state index is 12.3. The Morgan fingerprint density at radius 1 is 1.14 bits per heavy atom. The molecule has 1 N–H and O–H groups in total. The molecule has 0 saturated carbocycles. The highest BCUT2D eigenvalue weighted by atomic mass is 32.2. The summed E-state index contributed by atoms with van der Waals surface area (Å²) >= 11 is 0. The van der Waals surface area contributed by atoms with Gasteiger partial charge < -0.3 is 4.90 Å². The molecule has 0 radical (unpaired) electrons. The predicted octanol–water partition coefficient (Wildman–Crippen LogP) is -0.00640. The van der Waals surface area contributed by atoms with Crippen molar-refractivity contribution in [3.8, 4) is 0 Å². The molecule has 0 spiro atoms. The van der Waals surface area contributed by atoms with Crippen molar-refractivity contribution in [1.82, 2.24) is 14.5 Å². The molecule has 1 fully saturated rings. The quantitative estimate of drug-likeness (QED) is 0.831. The summed E-state index contributed by atoms with van der Waals surface area (Å²) in [5.41, 5.74) is 0.713. The van der Waals surface area contributed by atoms with Crippen LogP contribution in [0.25, 0.3) is 0 Å². The highest BCUT2D eigenvalue weighted by molar-refractivity contribution is 7.88. The lowest BCUT2D eigenvalue weighted by Crippen LogP contribution is -2.50. The van der Waals surface area contributed by atoms with Gasteiger partial charge in [0, 0.05) is 44.8 Å². The Bertz CT molecular complexity index is 566. The molecule has 116 valence electrons. The van der Waals surface area contributed by atoms with Crippen molar-refractivity contribution in [2.24, 2.45) is 0 Å². The van der Waals surface area contributed by atoms with Gasteiger partial charge in [0.05, 0.1) is 6.26 Å². The van der Waals surface area contributed by atoms with E-state index >= 15 is 0 Å². The zero-order chi connectivity index (χ0) is 15.3. The molecule has 6 nitrogen and oxygen atoms in total. The number of hydrogen-bond acceptors (Lipinski definition) is 4. The lowest BCUT2D eigenvalue weighted by Gasteiger charge is -2.34. The van der Waals surface area contributed by atoms with Crippen molar-refractivity contribution in [3.05, 3.63) is 35.9 Å². The van der Waals surface area contributed by atoms with Crippen LogP contribution in [0.2, 0.25) is 0 Å². The van der Waals surface area contributed by atoms with Crippen LogP contribution in [0.5, 0.6) is 0 Å². The molecular weight excluding hydrogens is 290 g/mol. The number of sulfonamides is 1. The Hall–Kier alpha value is -1.44. The summed E-state index contributed by atoms with van der Waals surface area (Å²) in [4.78, 5) is 16.3. The van der Waals surface area contributed by atoms with Crippen LogP contribution in [0.15, 0.2) is 30.3 Å². The molecule has 0 aromatic heterocycles. The molecule has 1 saturated heterocycles. The molecule has 1 aromatic carbocycles. The van der Waals surface area contributed by atoms with E-state index in [1.807, 2.05) is 35.2 Å². The summed E-state index contributed by atoms with van der Waals surface area (Å²) in [7, 11) is -3.13. The minimum absolute atomic E-state index is 0.0597. The Balaban J connectivity index is 1.77. The van der Waals surface area contributed by atoms with Crippen LogP contribution in [0.4, 0.5) is 0 Å². The first kappa shape index (κ1) is 15.9. The number of amides is 1. The molecule has 1 aliphatic heterocycles. The second kappa shape index (κ2) is 7.02. The Morgan fingerprint density at radius 2 is 1.76 bits per heavy atom. The Morgan fingerprint density at radius 3 is 2.33 bits per heavy atom. The topological polar surface area (TPSA) is 69.7 Å². The van der Waals surface area contributed by atoms with E-state index in [0.717, 1.165) is 19.3 Å². The first-order valence-electron chi connectivity index (χ1n) is 6.97. The molecule has 2 rings (SSSR count). The second-order valence-electron chi connectivity index (χ2n) is 5.17. The van der Waals surface area contributed by atoms with Gasteiger partial charge in [-0.3, -0.25) is 9.69 Å². The van der Waals surface area contributed by atoms with Crippen molar-refractivity contribution in [3.63, 3.8) is 0 Å². The third-order valence-electron chi connectivity index (χ3n) is 3.47. The van der Waals surface area contributed by atoms with E-state index in [1.54, 1.807) is 0 Å². The minimum atomic E-state index is -3.13. The van der Waals surface area contributed by atoms with Crippen LogP contribution in [-0.2, 0) is 10.0 Å². The van der Waals surface area contributed by atoms with E-state index < -0.39 is 10.0 Å². The molecule has 0 atom stereocenters. The summed E-state index contributed by atoms with van der Waals surface area (Å²) in [6.45, 7) is 3.96. The average Bonchev–Trinajstić information content (AvgIpc) is 2.47. The van der Waals surface area contributed by atoms with Crippen LogP contribution in [0, 0.1) is 0 Å². The maximum Gasteiger partial charge on any atom is 0.253 e. The second-order valence-corrected chi connectivity index (χ2v) is 7.00. The molecule has 1 aliphatic rings. The van der Waals surface area contributed by atoms with Gasteiger partial charge in [0.1, 0.15) is 0 Å². The zero-order valence-electron chi connectivity index (χ0n) is 12.2. The highest BCUT2D eigenvalue weighted by Gasteiger charge is 2.21. The fourth-order valence-electron chi connectivity index (χ4n) is 2.33. The first-order chi connectivity index (χ1) is 9.96. The van der Waals surface area contributed by atoms with Gasteiger partial charge in [0.15, 0.2) is 0 Å². The number of benzene rings is 1. The van der Waals surface area contributed by atoms with Crippen molar-refractivity contribution in [1.29, 1.82) is 0 Å². The van der Waals surface area contributed by atoms with E-state index in [9.17, 15) is 13.2 Å². The van der Waals surface area contributed by atoms with Crippen molar-refractivity contribution < 1.29 is 13.2 Å². The van der Waals surface area contributed by atoms with Crippen LogP contribution in [-0.4, -0.2) is 69.6 Å². The monoisotopic (exact) mass is 311 g/mol. The van der Waals surface area contributed by atoms with Gasteiger partial charge in [-0.15, -0.1) is 0 Å². The van der Waals surface area contributed by atoms with Gasteiger partial charge in [-0.05, 0) is 12.1 Å². The van der Waals surface area contributed by atoms with Crippen molar-refractivity contribution in [2.75, 3.05) is 45.5 Å². The summed E-state index contributed by atoms with van der Waals surface area (Å²) in [5, 5.41) is 0. The van der Waals surface area contributed by atoms with E-state index in [4.69, 9.17) is 0 Å². The number of hydrogen-bond donors (Lipinski definition) is 1. The molecule has 21 heavy (non-hydrogen) atoms. The van der Waals surface area contributed by atoms with E-state index in [-0.39, 0.29) is 5.91 Å². The van der Waals surface area contributed by atoms with Crippen molar-refractivity contribution in [2.45, 2.75) is 0 Å². The molecule has 0 unspecified atom stereocenters. The normalized spacial score (nSPS) is 16.9. The van der Waals surface area contributed by atoms with Gasteiger partial charge in [0.2, 0.25) is 10.0 Å². The number of carbonyl (C=O) groups excluding carboxylic acids is 1. The van der Waals surface area contributed by atoms with Crippen LogP contribution < -0.4 is 4.72 Å². The van der Waals surface area contributed by atoms with Gasteiger partial charge in [-0.25, -0.2) is 13.1 Å². The third-order valence-corrected chi connectivity index (χ3v) is 4.20. The molecule has 0 bridgehead atoms. The van der Waals surface area contributed by atoms with Gasteiger partial charge >= 0.3 is 0 Å². The van der Waals surface area contributed by atoms with Crippen LogP contribution in [0.3, 0.4) is 0 Å². The van der Waals surface area contributed by atoms with E-state index in [0.29, 0.717) is 31.7 Å².